The predicted octanol–water partition coefficient (Wildman–Crippen LogP) is 6.91. The Morgan fingerprint density at radius 1 is 0.875 bits per heavy atom. The van der Waals surface area contributed by atoms with Gasteiger partial charge in [0.05, 0.1) is 28.9 Å². The van der Waals surface area contributed by atoms with Crippen LogP contribution in [0.2, 0.25) is 0 Å². The van der Waals surface area contributed by atoms with Crippen molar-refractivity contribution < 1.29 is 40.7 Å². The molecule has 210 valence electrons. The SMILES string of the molecule is CC1CC(F)CC(CF)O1.Cc1cc(F)c(F)cc1-c1c2c(c3c([nH]c4cc(F)c(F)cc43)c1C)C(=O)NC2=O. The first-order valence-electron chi connectivity index (χ1n) is 12.5. The van der Waals surface area contributed by atoms with Crippen LogP contribution in [0.15, 0.2) is 24.3 Å². The summed E-state index contributed by atoms with van der Waals surface area (Å²) in [6, 6.07) is 3.90. The number of amides is 2. The Morgan fingerprint density at radius 2 is 1.50 bits per heavy atom. The van der Waals surface area contributed by atoms with Crippen molar-refractivity contribution in [1.82, 2.24) is 10.3 Å². The number of rotatable bonds is 2. The third kappa shape index (κ3) is 4.61. The highest BCUT2D eigenvalue weighted by molar-refractivity contribution is 6.33. The second kappa shape index (κ2) is 10.3. The van der Waals surface area contributed by atoms with E-state index in [4.69, 9.17) is 4.74 Å². The van der Waals surface area contributed by atoms with E-state index in [2.05, 4.69) is 10.3 Å². The van der Waals surface area contributed by atoms with E-state index in [1.54, 1.807) is 20.8 Å². The number of carbonyl (C=O) groups is 2. The van der Waals surface area contributed by atoms with Gasteiger partial charge in [0.1, 0.15) is 12.8 Å². The van der Waals surface area contributed by atoms with Crippen LogP contribution in [0.25, 0.3) is 32.9 Å². The first-order valence-corrected chi connectivity index (χ1v) is 12.5. The number of nitrogens with one attached hydrogen (secondary N) is 2. The molecule has 0 saturated carbocycles. The molecule has 2 N–H and O–H groups in total. The molecule has 2 amide bonds. The highest BCUT2D eigenvalue weighted by Gasteiger charge is 2.36. The van der Waals surface area contributed by atoms with E-state index in [-0.39, 0.29) is 51.1 Å². The molecular formula is C29H24F6N2O3. The number of aromatic nitrogens is 1. The van der Waals surface area contributed by atoms with Gasteiger partial charge in [-0.1, -0.05) is 0 Å². The fraction of sp³-hybridized carbons (Fsp3) is 0.310. The van der Waals surface area contributed by atoms with Gasteiger partial charge in [-0.2, -0.15) is 0 Å². The van der Waals surface area contributed by atoms with Crippen LogP contribution >= 0.6 is 0 Å². The van der Waals surface area contributed by atoms with Gasteiger partial charge in [0.15, 0.2) is 23.3 Å². The molecule has 4 aromatic rings. The Bertz CT molecular complexity index is 1690. The van der Waals surface area contributed by atoms with Crippen molar-refractivity contribution in [3.8, 4) is 11.1 Å². The van der Waals surface area contributed by atoms with Crippen LogP contribution < -0.4 is 5.32 Å². The van der Waals surface area contributed by atoms with E-state index in [0.29, 0.717) is 23.1 Å². The first-order chi connectivity index (χ1) is 18.9. The summed E-state index contributed by atoms with van der Waals surface area (Å²) < 4.78 is 85.0. The highest BCUT2D eigenvalue weighted by atomic mass is 19.2. The third-order valence-electron chi connectivity index (χ3n) is 7.26. The quantitative estimate of drug-likeness (QED) is 0.206. The van der Waals surface area contributed by atoms with Gasteiger partial charge in [-0.25, -0.2) is 26.3 Å². The number of imide groups is 1. The number of H-pyrrole nitrogens is 1. The Morgan fingerprint density at radius 3 is 2.17 bits per heavy atom. The van der Waals surface area contributed by atoms with Gasteiger partial charge in [-0.15, -0.1) is 0 Å². The van der Waals surface area contributed by atoms with Crippen LogP contribution in [-0.2, 0) is 4.74 Å². The van der Waals surface area contributed by atoms with E-state index in [1.165, 1.54) is 0 Å². The van der Waals surface area contributed by atoms with Gasteiger partial charge >= 0.3 is 0 Å². The number of aryl methyl sites for hydroxylation is 2. The van der Waals surface area contributed by atoms with Crippen molar-refractivity contribution in [1.29, 1.82) is 0 Å². The fourth-order valence-electron chi connectivity index (χ4n) is 5.51. The van der Waals surface area contributed by atoms with Crippen molar-refractivity contribution in [2.24, 2.45) is 0 Å². The van der Waals surface area contributed by atoms with E-state index < -0.39 is 54.0 Å². The van der Waals surface area contributed by atoms with Gasteiger partial charge < -0.3 is 9.72 Å². The third-order valence-corrected chi connectivity index (χ3v) is 7.26. The Labute approximate surface area is 224 Å². The van der Waals surface area contributed by atoms with Crippen molar-refractivity contribution >= 4 is 33.6 Å². The molecule has 3 heterocycles. The molecule has 2 aliphatic heterocycles. The minimum absolute atomic E-state index is 0.00950. The Kier molecular flexibility index (Phi) is 7.11. The number of alkyl halides is 2. The molecule has 3 atom stereocenters. The summed E-state index contributed by atoms with van der Waals surface area (Å²) in [6.07, 6.45) is -0.857. The second-order valence-electron chi connectivity index (χ2n) is 10.1. The number of ether oxygens (including phenoxy) is 1. The molecular weight excluding hydrogens is 538 g/mol. The lowest BCUT2D eigenvalue weighted by Crippen LogP contribution is -2.33. The maximum Gasteiger partial charge on any atom is 0.259 e. The molecule has 11 heteroatoms. The summed E-state index contributed by atoms with van der Waals surface area (Å²) >= 11 is 0. The lowest BCUT2D eigenvalue weighted by molar-refractivity contribution is -0.0760. The maximum atomic E-state index is 14.0. The highest BCUT2D eigenvalue weighted by Crippen LogP contribution is 2.43. The average molecular weight is 563 g/mol. The zero-order valence-corrected chi connectivity index (χ0v) is 21.7. The number of hydrogen-bond donors (Lipinski definition) is 2. The largest absolute Gasteiger partial charge is 0.372 e. The van der Waals surface area contributed by atoms with E-state index in [0.717, 1.165) is 24.3 Å². The Hall–Kier alpha value is -3.86. The number of benzene rings is 3. The van der Waals surface area contributed by atoms with Crippen LogP contribution in [0, 0.1) is 37.1 Å². The molecule has 6 rings (SSSR count). The predicted molar refractivity (Wildman–Crippen MR) is 137 cm³/mol. The van der Waals surface area contributed by atoms with Crippen LogP contribution in [0.3, 0.4) is 0 Å². The van der Waals surface area contributed by atoms with Crippen molar-refractivity contribution in [3.05, 3.63) is 69.8 Å². The molecule has 5 nitrogen and oxygen atoms in total. The minimum Gasteiger partial charge on any atom is -0.372 e. The van der Waals surface area contributed by atoms with E-state index >= 15 is 0 Å². The molecule has 2 aliphatic rings. The Balaban J connectivity index is 0.000000274. The molecule has 0 aliphatic carbocycles. The van der Waals surface area contributed by atoms with Crippen LogP contribution in [0.1, 0.15) is 51.6 Å². The first kappa shape index (κ1) is 27.7. The minimum atomic E-state index is -1.10. The molecule has 1 aromatic heterocycles. The molecule has 40 heavy (non-hydrogen) atoms. The number of halogens is 6. The normalized spacial score (nSPS) is 20.5. The van der Waals surface area contributed by atoms with E-state index in [9.17, 15) is 35.9 Å². The summed E-state index contributed by atoms with van der Waals surface area (Å²) in [5.74, 6) is -5.71. The van der Waals surface area contributed by atoms with Crippen LogP contribution in [-0.4, -0.2) is 41.9 Å². The molecule has 3 aromatic carbocycles. The molecule has 0 bridgehead atoms. The summed E-state index contributed by atoms with van der Waals surface area (Å²) in [5.41, 5.74) is 1.90. The number of fused-ring (bicyclic) bond motifs is 5. The molecule has 3 unspecified atom stereocenters. The van der Waals surface area contributed by atoms with Crippen molar-refractivity contribution in [2.45, 2.75) is 52.0 Å². The second-order valence-corrected chi connectivity index (χ2v) is 10.1. The van der Waals surface area contributed by atoms with Crippen molar-refractivity contribution in [3.63, 3.8) is 0 Å². The van der Waals surface area contributed by atoms with Gasteiger partial charge in [0, 0.05) is 40.8 Å². The smallest absolute Gasteiger partial charge is 0.259 e. The summed E-state index contributed by atoms with van der Waals surface area (Å²) in [6.45, 7) is 4.40. The summed E-state index contributed by atoms with van der Waals surface area (Å²) in [5, 5.41) is 2.72. The maximum absolute atomic E-state index is 14.0. The number of aromatic amines is 1. The van der Waals surface area contributed by atoms with Crippen LogP contribution in [0.4, 0.5) is 26.3 Å². The molecule has 1 saturated heterocycles. The monoisotopic (exact) mass is 562 g/mol. The molecule has 1 fully saturated rings. The van der Waals surface area contributed by atoms with Crippen LogP contribution in [0.5, 0.6) is 0 Å². The van der Waals surface area contributed by atoms with Gasteiger partial charge in [-0.05, 0) is 55.7 Å². The zero-order valence-electron chi connectivity index (χ0n) is 21.7. The van der Waals surface area contributed by atoms with Crippen molar-refractivity contribution in [2.75, 3.05) is 6.67 Å². The topological polar surface area (TPSA) is 71.2 Å². The lowest BCUT2D eigenvalue weighted by Gasteiger charge is -2.28. The van der Waals surface area contributed by atoms with Gasteiger partial charge in [-0.3, -0.25) is 14.9 Å². The lowest BCUT2D eigenvalue weighted by atomic mass is 9.87. The summed E-state index contributed by atoms with van der Waals surface area (Å²) in [4.78, 5) is 28.3. The zero-order chi connectivity index (χ0) is 29.0. The van der Waals surface area contributed by atoms with Gasteiger partial charge in [0.2, 0.25) is 0 Å². The van der Waals surface area contributed by atoms with Gasteiger partial charge in [0.25, 0.3) is 11.8 Å². The van der Waals surface area contributed by atoms with E-state index in [1.807, 2.05) is 0 Å². The summed E-state index contributed by atoms with van der Waals surface area (Å²) in [7, 11) is 0. The fourth-order valence-corrected chi connectivity index (χ4v) is 5.51. The molecule has 0 radical (unpaired) electrons. The standard InChI is InChI=1S/C22H12F4N2O2.C7H12F2O/c1-7-3-11(23)12(24)4-9(7)16-8(2)20-17(19-18(16)21(29)28-22(19)30)10-5-13(25)14(26)6-15(10)27-20;1-5-2-6(9)3-7(4-8)10-5/h3-6,27H,1-2H3,(H,28,29,30);5-7H,2-4H2,1H3. The average Bonchev–Trinajstić information content (AvgIpc) is 3.38. The molecule has 0 spiro atoms. The number of carbonyl (C=O) groups excluding carboxylic acids is 2. The number of hydrogen-bond acceptors (Lipinski definition) is 3.